The molecule has 0 unspecified atom stereocenters. The molecule has 0 bridgehead atoms. The molecule has 2 N–H and O–H groups in total. The number of carbonyl (C=O) groups excluding carboxylic acids is 1. The topological polar surface area (TPSA) is 75.5 Å². The average molecular weight is 371 g/mol. The third-order valence-corrected chi connectivity index (χ3v) is 4.08. The van der Waals surface area contributed by atoms with Crippen LogP contribution in [0.2, 0.25) is 5.02 Å². The Labute approximate surface area is 155 Å². The molecule has 0 saturated heterocycles. The Morgan fingerprint density at radius 3 is 2.88 bits per heavy atom. The lowest BCUT2D eigenvalue weighted by molar-refractivity contribution is 0.0954. The zero-order chi connectivity index (χ0) is 18.5. The minimum atomic E-state index is -0.169. The van der Waals surface area contributed by atoms with Crippen LogP contribution in [0.4, 0.5) is 5.69 Å². The number of benzene rings is 1. The zero-order valence-electron chi connectivity index (χ0n) is 14.3. The smallest absolute Gasteiger partial charge is 0.258 e. The molecule has 7 heteroatoms. The number of fused-ring (bicyclic) bond motifs is 1. The van der Waals surface area contributed by atoms with Crippen molar-refractivity contribution in [3.05, 3.63) is 75.3 Å². The minimum absolute atomic E-state index is 0.153. The van der Waals surface area contributed by atoms with Gasteiger partial charge in [0.2, 0.25) is 0 Å². The molecule has 0 aliphatic heterocycles. The van der Waals surface area contributed by atoms with Crippen molar-refractivity contribution in [3.8, 4) is 0 Å². The highest BCUT2D eigenvalue weighted by molar-refractivity contribution is 6.31. The highest BCUT2D eigenvalue weighted by Gasteiger charge is 2.12. The van der Waals surface area contributed by atoms with Gasteiger partial charge < -0.3 is 10.6 Å². The maximum absolute atomic E-state index is 12.3. The molecule has 0 atom stereocenters. The highest BCUT2D eigenvalue weighted by atomic mass is 35.5. The fourth-order valence-corrected chi connectivity index (χ4v) is 2.75. The first-order valence-electron chi connectivity index (χ1n) is 8.37. The Morgan fingerprint density at radius 2 is 2.08 bits per heavy atom. The van der Waals surface area contributed by atoms with E-state index in [4.69, 9.17) is 11.6 Å². The van der Waals surface area contributed by atoms with Crippen LogP contribution in [0, 0.1) is 0 Å². The number of halogens is 1. The molecule has 134 valence electrons. The lowest BCUT2D eigenvalue weighted by Gasteiger charge is -2.13. The van der Waals surface area contributed by atoms with Gasteiger partial charge in [-0.25, -0.2) is 4.98 Å². The standard InChI is InChI=1S/C19H19ClN4O2/c1-2-8-21-19(26)15-7-6-13(20)10-16(15)22-12-14-11-18(25)24-9-4-3-5-17(24)23-14/h3-7,9-11,22H,2,8,12H2,1H3,(H,21,26). The second-order valence-electron chi connectivity index (χ2n) is 5.81. The molecule has 0 radical (unpaired) electrons. The van der Waals surface area contributed by atoms with E-state index >= 15 is 0 Å². The van der Waals surface area contributed by atoms with E-state index in [0.29, 0.717) is 40.7 Å². The molecule has 0 saturated carbocycles. The summed E-state index contributed by atoms with van der Waals surface area (Å²) in [7, 11) is 0. The van der Waals surface area contributed by atoms with Gasteiger partial charge >= 0.3 is 0 Å². The van der Waals surface area contributed by atoms with Crippen LogP contribution in [0.25, 0.3) is 5.65 Å². The maximum atomic E-state index is 12.3. The van der Waals surface area contributed by atoms with Crippen molar-refractivity contribution in [2.24, 2.45) is 0 Å². The van der Waals surface area contributed by atoms with Crippen LogP contribution in [-0.2, 0) is 6.54 Å². The minimum Gasteiger partial charge on any atom is -0.379 e. The van der Waals surface area contributed by atoms with E-state index in [0.717, 1.165) is 6.42 Å². The van der Waals surface area contributed by atoms with Crippen molar-refractivity contribution in [1.82, 2.24) is 14.7 Å². The Morgan fingerprint density at radius 1 is 1.23 bits per heavy atom. The molecule has 3 aromatic rings. The number of nitrogens with one attached hydrogen (secondary N) is 2. The lowest BCUT2D eigenvalue weighted by Crippen LogP contribution is -2.25. The first kappa shape index (κ1) is 17.9. The van der Waals surface area contributed by atoms with E-state index in [1.54, 1.807) is 36.5 Å². The number of aromatic nitrogens is 2. The van der Waals surface area contributed by atoms with Gasteiger partial charge in [0.05, 0.1) is 17.8 Å². The SMILES string of the molecule is CCCNC(=O)c1ccc(Cl)cc1NCc1cc(=O)n2ccccc2n1. The van der Waals surface area contributed by atoms with Crippen molar-refractivity contribution in [2.75, 3.05) is 11.9 Å². The number of hydrogen-bond acceptors (Lipinski definition) is 4. The molecule has 2 heterocycles. The van der Waals surface area contributed by atoms with Crippen LogP contribution < -0.4 is 16.2 Å². The van der Waals surface area contributed by atoms with E-state index < -0.39 is 0 Å². The molecular formula is C19H19ClN4O2. The third kappa shape index (κ3) is 4.03. The Kier molecular flexibility index (Phi) is 5.53. The number of rotatable bonds is 6. The summed E-state index contributed by atoms with van der Waals surface area (Å²) in [5, 5.41) is 6.53. The normalized spacial score (nSPS) is 10.7. The van der Waals surface area contributed by atoms with Crippen LogP contribution in [0.15, 0.2) is 53.5 Å². The summed E-state index contributed by atoms with van der Waals surface area (Å²) in [5.74, 6) is -0.169. The molecule has 0 fully saturated rings. The number of nitrogens with zero attached hydrogens (tertiary/aromatic N) is 2. The lowest BCUT2D eigenvalue weighted by atomic mass is 10.1. The Balaban J connectivity index is 1.84. The van der Waals surface area contributed by atoms with Crippen LogP contribution in [-0.4, -0.2) is 21.8 Å². The largest absolute Gasteiger partial charge is 0.379 e. The van der Waals surface area contributed by atoms with E-state index in [-0.39, 0.29) is 11.5 Å². The molecule has 1 aromatic carbocycles. The molecule has 6 nitrogen and oxygen atoms in total. The molecule has 0 aliphatic carbocycles. The summed E-state index contributed by atoms with van der Waals surface area (Å²) >= 11 is 6.07. The van der Waals surface area contributed by atoms with Crippen molar-refractivity contribution in [1.29, 1.82) is 0 Å². The van der Waals surface area contributed by atoms with Crippen molar-refractivity contribution in [3.63, 3.8) is 0 Å². The van der Waals surface area contributed by atoms with E-state index in [1.165, 1.54) is 10.5 Å². The third-order valence-electron chi connectivity index (χ3n) is 3.85. The summed E-state index contributed by atoms with van der Waals surface area (Å²) in [6.07, 6.45) is 2.53. The van der Waals surface area contributed by atoms with Crippen molar-refractivity contribution >= 4 is 28.8 Å². The molecule has 1 amide bonds. The van der Waals surface area contributed by atoms with Gasteiger partial charge in [0.15, 0.2) is 0 Å². The van der Waals surface area contributed by atoms with E-state index in [1.807, 2.05) is 13.0 Å². The van der Waals surface area contributed by atoms with Gasteiger partial charge in [0, 0.05) is 29.5 Å². The average Bonchev–Trinajstić information content (AvgIpc) is 2.64. The summed E-state index contributed by atoms with van der Waals surface area (Å²) in [5.41, 5.74) is 2.10. The summed E-state index contributed by atoms with van der Waals surface area (Å²) < 4.78 is 1.48. The quantitative estimate of drug-likeness (QED) is 0.699. The van der Waals surface area contributed by atoms with Crippen LogP contribution in [0.1, 0.15) is 29.4 Å². The fourth-order valence-electron chi connectivity index (χ4n) is 2.57. The number of hydrogen-bond donors (Lipinski definition) is 2. The summed E-state index contributed by atoms with van der Waals surface area (Å²) in [6, 6.07) is 11.9. The molecule has 0 aliphatic rings. The summed E-state index contributed by atoms with van der Waals surface area (Å²) in [6.45, 7) is 2.89. The Bertz CT molecular complexity index is 1000. The maximum Gasteiger partial charge on any atom is 0.258 e. The molecule has 26 heavy (non-hydrogen) atoms. The van der Waals surface area contributed by atoms with Gasteiger partial charge in [-0.2, -0.15) is 0 Å². The second kappa shape index (κ2) is 8.01. The second-order valence-corrected chi connectivity index (χ2v) is 6.25. The van der Waals surface area contributed by atoms with Gasteiger partial charge in [-0.1, -0.05) is 24.6 Å². The first-order valence-corrected chi connectivity index (χ1v) is 8.75. The van der Waals surface area contributed by atoms with Gasteiger partial charge in [0.25, 0.3) is 11.5 Å². The highest BCUT2D eigenvalue weighted by Crippen LogP contribution is 2.21. The van der Waals surface area contributed by atoms with Crippen molar-refractivity contribution < 1.29 is 4.79 Å². The van der Waals surface area contributed by atoms with Crippen LogP contribution >= 0.6 is 11.6 Å². The van der Waals surface area contributed by atoms with Gasteiger partial charge in [0.1, 0.15) is 5.65 Å². The number of anilines is 1. The van der Waals surface area contributed by atoms with Crippen LogP contribution in [0.3, 0.4) is 0 Å². The predicted octanol–water partition coefficient (Wildman–Crippen LogP) is 3.10. The van der Waals surface area contributed by atoms with Gasteiger partial charge in [-0.15, -0.1) is 0 Å². The fraction of sp³-hybridized carbons (Fsp3) is 0.211. The Hall–Kier alpha value is -2.86. The monoisotopic (exact) mass is 370 g/mol. The number of carbonyl (C=O) groups is 1. The van der Waals surface area contributed by atoms with E-state index in [9.17, 15) is 9.59 Å². The number of pyridine rings is 1. The first-order chi connectivity index (χ1) is 12.6. The molecule has 2 aromatic heterocycles. The van der Waals surface area contributed by atoms with Crippen molar-refractivity contribution in [2.45, 2.75) is 19.9 Å². The predicted molar refractivity (Wildman–Crippen MR) is 103 cm³/mol. The summed E-state index contributed by atoms with van der Waals surface area (Å²) in [4.78, 5) is 28.9. The molecule has 0 spiro atoms. The number of amides is 1. The van der Waals surface area contributed by atoms with Gasteiger partial charge in [-0.05, 0) is 36.8 Å². The van der Waals surface area contributed by atoms with E-state index in [2.05, 4.69) is 15.6 Å². The molecular weight excluding hydrogens is 352 g/mol. The van der Waals surface area contributed by atoms with Gasteiger partial charge in [-0.3, -0.25) is 14.0 Å². The molecule has 3 rings (SSSR count). The zero-order valence-corrected chi connectivity index (χ0v) is 15.1. The van der Waals surface area contributed by atoms with Crippen LogP contribution in [0.5, 0.6) is 0 Å².